The molecule has 2 rings (SSSR count). The molecule has 7 nitrogen and oxygen atoms in total. The highest BCUT2D eigenvalue weighted by Gasteiger charge is 2.36. The summed E-state index contributed by atoms with van der Waals surface area (Å²) in [6, 6.07) is -0.404. The highest BCUT2D eigenvalue weighted by molar-refractivity contribution is 7.91. The van der Waals surface area contributed by atoms with Crippen LogP contribution in [-0.4, -0.2) is 53.1 Å². The third-order valence-electron chi connectivity index (χ3n) is 3.54. The van der Waals surface area contributed by atoms with Crippen LogP contribution in [0.15, 0.2) is 6.20 Å². The van der Waals surface area contributed by atoms with Crippen LogP contribution in [0.5, 0.6) is 0 Å². The number of hydrogen-bond donors (Lipinski definition) is 1. The van der Waals surface area contributed by atoms with Crippen LogP contribution in [0.2, 0.25) is 0 Å². The maximum Gasteiger partial charge on any atom is 0.275 e. The van der Waals surface area contributed by atoms with Crippen molar-refractivity contribution in [2.24, 2.45) is 0 Å². The summed E-state index contributed by atoms with van der Waals surface area (Å²) in [6.45, 7) is 2.38. The van der Waals surface area contributed by atoms with Gasteiger partial charge in [-0.2, -0.15) is 5.10 Å². The van der Waals surface area contributed by atoms with Crippen LogP contribution < -0.4 is 5.73 Å². The van der Waals surface area contributed by atoms with Crippen molar-refractivity contribution in [2.45, 2.75) is 25.9 Å². The molecule has 1 amide bonds. The Bertz CT molecular complexity index is 687. The maximum absolute atomic E-state index is 12.7. The second-order valence-corrected chi connectivity index (χ2v) is 7.19. The molecule has 1 unspecified atom stereocenters. The van der Waals surface area contributed by atoms with Crippen LogP contribution in [0, 0.1) is 12.3 Å². The standard InChI is InChI=1S/C13H18N4O3S/c1-3-6-16(10-5-7-21(19,20)9-10)13(18)12-11(14)8-15-17(12)4-2/h1,8,10H,4-7,9,14H2,2H3. The average Bonchev–Trinajstić information content (AvgIpc) is 2.97. The summed E-state index contributed by atoms with van der Waals surface area (Å²) >= 11 is 0. The van der Waals surface area contributed by atoms with E-state index in [1.54, 1.807) is 0 Å². The molecule has 1 aliphatic rings. The highest BCUT2D eigenvalue weighted by Crippen LogP contribution is 2.22. The second kappa shape index (κ2) is 5.77. The van der Waals surface area contributed by atoms with E-state index in [9.17, 15) is 13.2 Å². The first-order valence-corrected chi connectivity index (χ1v) is 8.48. The molecule has 2 heterocycles. The van der Waals surface area contributed by atoms with Gasteiger partial charge in [0.1, 0.15) is 5.69 Å². The predicted octanol–water partition coefficient (Wildman–Crippen LogP) is -0.252. The fourth-order valence-corrected chi connectivity index (χ4v) is 4.23. The molecule has 0 radical (unpaired) electrons. The Labute approximate surface area is 124 Å². The summed E-state index contributed by atoms with van der Waals surface area (Å²) in [5, 5.41) is 4.03. The smallest absolute Gasteiger partial charge is 0.275 e. The Balaban J connectivity index is 2.32. The lowest BCUT2D eigenvalue weighted by Crippen LogP contribution is -2.42. The molecule has 114 valence electrons. The van der Waals surface area contributed by atoms with Crippen LogP contribution in [0.1, 0.15) is 23.8 Å². The van der Waals surface area contributed by atoms with Gasteiger partial charge < -0.3 is 10.6 Å². The summed E-state index contributed by atoms with van der Waals surface area (Å²) < 4.78 is 24.7. The van der Waals surface area contributed by atoms with Gasteiger partial charge in [0.05, 0.1) is 29.9 Å². The molecule has 1 fully saturated rings. The number of sulfone groups is 1. The number of nitrogens with zero attached hydrogens (tertiary/aromatic N) is 3. The molecule has 0 aromatic carbocycles. The topological polar surface area (TPSA) is 98.3 Å². The molecule has 2 N–H and O–H groups in total. The normalized spacial score (nSPS) is 20.1. The zero-order chi connectivity index (χ0) is 15.6. The lowest BCUT2D eigenvalue weighted by Gasteiger charge is -2.26. The zero-order valence-electron chi connectivity index (χ0n) is 11.8. The van der Waals surface area contributed by atoms with Crippen molar-refractivity contribution in [2.75, 3.05) is 23.8 Å². The molecule has 0 saturated carbocycles. The van der Waals surface area contributed by atoms with Crippen molar-refractivity contribution in [3.63, 3.8) is 0 Å². The van der Waals surface area contributed by atoms with Gasteiger partial charge in [-0.1, -0.05) is 5.92 Å². The van der Waals surface area contributed by atoms with E-state index in [1.807, 2.05) is 6.92 Å². The molecule has 1 aliphatic heterocycles. The third-order valence-corrected chi connectivity index (χ3v) is 5.29. The largest absolute Gasteiger partial charge is 0.396 e. The number of carbonyl (C=O) groups excluding carboxylic acids is 1. The van der Waals surface area contributed by atoms with Crippen LogP contribution >= 0.6 is 0 Å². The number of amides is 1. The summed E-state index contributed by atoms with van der Waals surface area (Å²) in [6.07, 6.45) is 7.13. The quantitative estimate of drug-likeness (QED) is 0.773. The first-order chi connectivity index (χ1) is 9.89. The van der Waals surface area contributed by atoms with E-state index in [-0.39, 0.29) is 35.3 Å². The number of terminal acetylenes is 1. The molecular formula is C13H18N4O3S. The Morgan fingerprint density at radius 1 is 1.67 bits per heavy atom. The van der Waals surface area contributed by atoms with Gasteiger partial charge in [-0.05, 0) is 13.3 Å². The summed E-state index contributed by atoms with van der Waals surface area (Å²) in [5.41, 5.74) is 6.33. The third kappa shape index (κ3) is 3.03. The SMILES string of the molecule is C#CCN(C(=O)c1c(N)cnn1CC)C1CCS(=O)(=O)C1. The van der Waals surface area contributed by atoms with Gasteiger partial charge in [0, 0.05) is 12.6 Å². The maximum atomic E-state index is 12.7. The summed E-state index contributed by atoms with van der Waals surface area (Å²) in [4.78, 5) is 14.1. The molecule has 8 heteroatoms. The monoisotopic (exact) mass is 310 g/mol. The first-order valence-electron chi connectivity index (χ1n) is 6.65. The lowest BCUT2D eigenvalue weighted by atomic mass is 10.2. The predicted molar refractivity (Wildman–Crippen MR) is 79.2 cm³/mol. The molecule has 0 spiro atoms. The highest BCUT2D eigenvalue weighted by atomic mass is 32.2. The molecule has 1 aromatic heterocycles. The van der Waals surface area contributed by atoms with Crippen molar-refractivity contribution in [3.05, 3.63) is 11.9 Å². The van der Waals surface area contributed by atoms with Crippen molar-refractivity contribution in [1.29, 1.82) is 0 Å². The Morgan fingerprint density at radius 3 is 2.90 bits per heavy atom. The van der Waals surface area contributed by atoms with E-state index in [0.29, 0.717) is 13.0 Å². The van der Waals surface area contributed by atoms with Crippen molar-refractivity contribution in [1.82, 2.24) is 14.7 Å². The Hall–Kier alpha value is -2.01. The van der Waals surface area contributed by atoms with Gasteiger partial charge in [0.2, 0.25) is 0 Å². The average molecular weight is 310 g/mol. The van der Waals surface area contributed by atoms with Gasteiger partial charge in [0.15, 0.2) is 9.84 Å². The van der Waals surface area contributed by atoms with E-state index in [1.165, 1.54) is 15.8 Å². The Kier molecular flexibility index (Phi) is 4.23. The van der Waals surface area contributed by atoms with Gasteiger partial charge in [-0.15, -0.1) is 6.42 Å². The number of nitrogens with two attached hydrogens (primary N) is 1. The fraction of sp³-hybridized carbons (Fsp3) is 0.538. The van der Waals surface area contributed by atoms with Crippen molar-refractivity contribution < 1.29 is 13.2 Å². The van der Waals surface area contributed by atoms with Crippen LogP contribution in [0.3, 0.4) is 0 Å². The second-order valence-electron chi connectivity index (χ2n) is 4.96. The summed E-state index contributed by atoms with van der Waals surface area (Å²) in [5.74, 6) is 2.07. The molecule has 21 heavy (non-hydrogen) atoms. The minimum absolute atomic E-state index is 0.0490. The molecule has 0 bridgehead atoms. The number of carbonyl (C=O) groups is 1. The number of hydrogen-bond acceptors (Lipinski definition) is 5. The molecule has 1 saturated heterocycles. The minimum atomic E-state index is -3.10. The van der Waals surface area contributed by atoms with Gasteiger partial charge in [-0.3, -0.25) is 9.48 Å². The number of aromatic nitrogens is 2. The number of aryl methyl sites for hydroxylation is 1. The number of nitrogen functional groups attached to an aromatic ring is 1. The van der Waals surface area contributed by atoms with Gasteiger partial charge in [0.25, 0.3) is 5.91 Å². The lowest BCUT2D eigenvalue weighted by molar-refractivity contribution is 0.0713. The fourth-order valence-electron chi connectivity index (χ4n) is 2.50. The van der Waals surface area contributed by atoms with Crippen LogP contribution in [-0.2, 0) is 16.4 Å². The van der Waals surface area contributed by atoms with Crippen LogP contribution in [0.25, 0.3) is 0 Å². The Morgan fingerprint density at radius 2 is 2.38 bits per heavy atom. The van der Waals surface area contributed by atoms with E-state index in [2.05, 4.69) is 11.0 Å². The van der Waals surface area contributed by atoms with E-state index in [4.69, 9.17) is 12.2 Å². The van der Waals surface area contributed by atoms with Crippen LogP contribution in [0.4, 0.5) is 5.69 Å². The summed E-state index contributed by atoms with van der Waals surface area (Å²) in [7, 11) is -3.10. The molecule has 1 aromatic rings. The molecular weight excluding hydrogens is 292 g/mol. The number of rotatable bonds is 4. The van der Waals surface area contributed by atoms with E-state index < -0.39 is 15.9 Å². The molecule has 0 aliphatic carbocycles. The molecule has 1 atom stereocenters. The van der Waals surface area contributed by atoms with Gasteiger partial charge in [-0.25, -0.2) is 8.42 Å². The zero-order valence-corrected chi connectivity index (χ0v) is 12.6. The van der Waals surface area contributed by atoms with Crippen molar-refractivity contribution >= 4 is 21.4 Å². The minimum Gasteiger partial charge on any atom is -0.396 e. The number of anilines is 1. The van der Waals surface area contributed by atoms with Crippen molar-refractivity contribution in [3.8, 4) is 12.3 Å². The first kappa shape index (κ1) is 15.4. The van der Waals surface area contributed by atoms with E-state index in [0.717, 1.165) is 0 Å². The van der Waals surface area contributed by atoms with Gasteiger partial charge >= 0.3 is 0 Å². The van der Waals surface area contributed by atoms with E-state index >= 15 is 0 Å².